The Morgan fingerprint density at radius 2 is 2.20 bits per heavy atom. The van der Waals surface area contributed by atoms with Gasteiger partial charge in [0.1, 0.15) is 18.2 Å². The van der Waals surface area contributed by atoms with E-state index in [1.54, 1.807) is 7.11 Å². The maximum atomic E-state index is 11.9. The third-order valence-corrected chi connectivity index (χ3v) is 3.87. The molecule has 0 aliphatic carbocycles. The lowest BCUT2D eigenvalue weighted by Gasteiger charge is -2.29. The molecule has 110 valence electrons. The van der Waals surface area contributed by atoms with Crippen LogP contribution in [0.1, 0.15) is 25.3 Å². The Morgan fingerprint density at radius 1 is 1.40 bits per heavy atom. The fourth-order valence-electron chi connectivity index (χ4n) is 2.89. The largest absolute Gasteiger partial charge is 0.496 e. The molecule has 1 aliphatic heterocycles. The molecule has 0 saturated carbocycles. The average molecular weight is 278 g/mol. The van der Waals surface area contributed by atoms with Gasteiger partial charge in [-0.05, 0) is 31.9 Å². The van der Waals surface area contributed by atoms with Crippen LogP contribution in [-0.4, -0.2) is 32.8 Å². The molecule has 2 atom stereocenters. The van der Waals surface area contributed by atoms with E-state index < -0.39 is 0 Å². The molecule has 0 radical (unpaired) electrons. The summed E-state index contributed by atoms with van der Waals surface area (Å²) in [6.45, 7) is 5.20. The summed E-state index contributed by atoms with van der Waals surface area (Å²) in [5, 5.41) is 0. The number of piperidine rings is 1. The van der Waals surface area contributed by atoms with Gasteiger partial charge in [0.05, 0.1) is 26.8 Å². The van der Waals surface area contributed by atoms with Crippen LogP contribution in [0, 0.1) is 5.92 Å². The van der Waals surface area contributed by atoms with Crippen molar-refractivity contribution in [2.24, 2.45) is 5.92 Å². The standard InChI is InChI=1S/C16H23NO3/c1-3-20-16(18)14-8-6-10-17(12-14)11-13-7-4-5-9-15(13)19-2/h4-5,7,9,14H,3,6,8,10-12H2,1-2H3/p+1/t14-/m0/s1. The minimum Gasteiger partial charge on any atom is -0.496 e. The number of hydrogen-bond acceptors (Lipinski definition) is 3. The molecule has 0 spiro atoms. The molecule has 1 aliphatic rings. The van der Waals surface area contributed by atoms with E-state index in [0.717, 1.165) is 38.2 Å². The number of benzene rings is 1. The van der Waals surface area contributed by atoms with Gasteiger partial charge in [0.15, 0.2) is 0 Å². The van der Waals surface area contributed by atoms with E-state index in [9.17, 15) is 4.79 Å². The smallest absolute Gasteiger partial charge is 0.314 e. The van der Waals surface area contributed by atoms with Gasteiger partial charge < -0.3 is 14.4 Å². The minimum absolute atomic E-state index is 0.0373. The lowest BCUT2D eigenvalue weighted by molar-refractivity contribution is -0.921. The van der Waals surface area contributed by atoms with E-state index in [4.69, 9.17) is 9.47 Å². The van der Waals surface area contributed by atoms with Crippen molar-refractivity contribution in [2.45, 2.75) is 26.3 Å². The number of rotatable bonds is 5. The van der Waals surface area contributed by atoms with E-state index in [1.165, 1.54) is 10.5 Å². The molecule has 1 unspecified atom stereocenters. The molecule has 0 amide bonds. The molecule has 4 heteroatoms. The van der Waals surface area contributed by atoms with E-state index in [-0.39, 0.29) is 11.9 Å². The van der Waals surface area contributed by atoms with Crippen molar-refractivity contribution in [1.29, 1.82) is 0 Å². The summed E-state index contributed by atoms with van der Waals surface area (Å²) in [5.74, 6) is 0.941. The highest BCUT2D eigenvalue weighted by Gasteiger charge is 2.30. The van der Waals surface area contributed by atoms with Crippen molar-refractivity contribution in [3.05, 3.63) is 29.8 Å². The zero-order valence-electron chi connectivity index (χ0n) is 12.4. The first-order valence-electron chi connectivity index (χ1n) is 7.36. The molecule has 2 rings (SSSR count). The summed E-state index contributed by atoms with van der Waals surface area (Å²) in [4.78, 5) is 13.3. The van der Waals surface area contributed by atoms with Crippen LogP contribution in [0.2, 0.25) is 0 Å². The number of methoxy groups -OCH3 is 1. The summed E-state index contributed by atoms with van der Waals surface area (Å²) in [6, 6.07) is 8.10. The molecule has 1 heterocycles. The van der Waals surface area contributed by atoms with Gasteiger partial charge in [0.2, 0.25) is 0 Å². The third-order valence-electron chi connectivity index (χ3n) is 3.87. The first-order chi connectivity index (χ1) is 9.74. The van der Waals surface area contributed by atoms with Crippen molar-refractivity contribution in [2.75, 3.05) is 26.8 Å². The van der Waals surface area contributed by atoms with E-state index >= 15 is 0 Å². The summed E-state index contributed by atoms with van der Waals surface area (Å²) in [7, 11) is 1.70. The number of nitrogens with one attached hydrogen (secondary N) is 1. The highest BCUT2D eigenvalue weighted by molar-refractivity contribution is 5.72. The second-order valence-electron chi connectivity index (χ2n) is 5.28. The highest BCUT2D eigenvalue weighted by Crippen LogP contribution is 2.17. The summed E-state index contributed by atoms with van der Waals surface area (Å²) in [6.07, 6.45) is 2.03. The Morgan fingerprint density at radius 3 is 2.95 bits per heavy atom. The molecular formula is C16H24NO3+. The Balaban J connectivity index is 1.97. The second kappa shape index (κ2) is 7.29. The number of ether oxygens (including phenoxy) is 2. The van der Waals surface area contributed by atoms with Crippen LogP contribution in [0.5, 0.6) is 5.75 Å². The summed E-state index contributed by atoms with van der Waals surface area (Å²) < 4.78 is 10.5. The van der Waals surface area contributed by atoms with Crippen LogP contribution in [0.25, 0.3) is 0 Å². The number of carbonyl (C=O) groups excluding carboxylic acids is 1. The maximum Gasteiger partial charge on any atom is 0.314 e. The minimum atomic E-state index is -0.0373. The number of likely N-dealkylation sites (tertiary alicyclic amines) is 1. The molecule has 1 aromatic rings. The Labute approximate surface area is 120 Å². The van der Waals surface area contributed by atoms with Gasteiger partial charge >= 0.3 is 5.97 Å². The van der Waals surface area contributed by atoms with Crippen molar-refractivity contribution in [3.63, 3.8) is 0 Å². The van der Waals surface area contributed by atoms with Crippen LogP contribution in [0.4, 0.5) is 0 Å². The molecule has 4 nitrogen and oxygen atoms in total. The lowest BCUT2D eigenvalue weighted by Crippen LogP contribution is -3.12. The van der Waals surface area contributed by atoms with E-state index in [2.05, 4.69) is 6.07 Å². The van der Waals surface area contributed by atoms with Gasteiger partial charge in [-0.1, -0.05) is 12.1 Å². The van der Waals surface area contributed by atoms with Crippen molar-refractivity contribution in [1.82, 2.24) is 0 Å². The van der Waals surface area contributed by atoms with Crippen molar-refractivity contribution >= 4 is 5.97 Å². The van der Waals surface area contributed by atoms with Crippen LogP contribution in [0.3, 0.4) is 0 Å². The number of quaternary nitrogens is 1. The van der Waals surface area contributed by atoms with Crippen LogP contribution in [0.15, 0.2) is 24.3 Å². The zero-order chi connectivity index (χ0) is 14.4. The van der Waals surface area contributed by atoms with Crippen LogP contribution in [-0.2, 0) is 16.1 Å². The molecule has 0 aromatic heterocycles. The first-order valence-corrected chi connectivity index (χ1v) is 7.36. The van der Waals surface area contributed by atoms with Gasteiger partial charge in [-0.25, -0.2) is 0 Å². The van der Waals surface area contributed by atoms with Gasteiger partial charge in [-0.3, -0.25) is 4.79 Å². The molecule has 1 fully saturated rings. The first kappa shape index (κ1) is 14.9. The molecular weight excluding hydrogens is 254 g/mol. The molecule has 1 saturated heterocycles. The molecule has 0 bridgehead atoms. The van der Waals surface area contributed by atoms with Gasteiger partial charge in [0, 0.05) is 5.56 Å². The molecule has 1 aromatic carbocycles. The summed E-state index contributed by atoms with van der Waals surface area (Å²) in [5.41, 5.74) is 1.20. The SMILES string of the molecule is CCOC(=O)[C@H]1CCC[NH+](Cc2ccccc2OC)C1. The van der Waals surface area contributed by atoms with Gasteiger partial charge in [-0.15, -0.1) is 0 Å². The quantitative estimate of drug-likeness (QED) is 0.819. The van der Waals surface area contributed by atoms with Crippen LogP contribution >= 0.6 is 0 Å². The second-order valence-corrected chi connectivity index (χ2v) is 5.28. The number of hydrogen-bond donors (Lipinski definition) is 1. The fourth-order valence-corrected chi connectivity index (χ4v) is 2.89. The van der Waals surface area contributed by atoms with E-state index in [1.807, 2.05) is 25.1 Å². The van der Waals surface area contributed by atoms with Gasteiger partial charge in [0.25, 0.3) is 0 Å². The maximum absolute atomic E-state index is 11.9. The third kappa shape index (κ3) is 3.73. The van der Waals surface area contributed by atoms with Gasteiger partial charge in [-0.2, -0.15) is 0 Å². The average Bonchev–Trinajstić information content (AvgIpc) is 2.48. The highest BCUT2D eigenvalue weighted by atomic mass is 16.5. The zero-order valence-corrected chi connectivity index (χ0v) is 12.4. The predicted octanol–water partition coefficient (Wildman–Crippen LogP) is 1.05. The lowest BCUT2D eigenvalue weighted by atomic mass is 9.97. The van der Waals surface area contributed by atoms with Crippen LogP contribution < -0.4 is 9.64 Å². The Bertz CT molecular complexity index is 447. The van der Waals surface area contributed by atoms with Crippen molar-refractivity contribution < 1.29 is 19.2 Å². The predicted molar refractivity (Wildman–Crippen MR) is 76.8 cm³/mol. The molecule has 1 N–H and O–H groups in total. The van der Waals surface area contributed by atoms with E-state index in [0.29, 0.717) is 6.61 Å². The molecule has 20 heavy (non-hydrogen) atoms. The summed E-state index contributed by atoms with van der Waals surface area (Å²) >= 11 is 0. The Kier molecular flexibility index (Phi) is 5.41. The fraction of sp³-hybridized carbons (Fsp3) is 0.562. The topological polar surface area (TPSA) is 40.0 Å². The normalized spacial score (nSPS) is 22.3. The number of carbonyl (C=O) groups is 1. The monoisotopic (exact) mass is 278 g/mol. The number of esters is 1. The Hall–Kier alpha value is -1.55. The van der Waals surface area contributed by atoms with Crippen molar-refractivity contribution in [3.8, 4) is 5.75 Å². The number of para-hydroxylation sites is 1.